The number of nitrogens with zero attached hydrogens (tertiary/aromatic N) is 5. The molecular weight excluding hydrogens is 428 g/mol. The molecule has 1 unspecified atom stereocenters. The van der Waals surface area contributed by atoms with Crippen LogP contribution in [0, 0.1) is 5.53 Å². The van der Waals surface area contributed by atoms with E-state index in [-0.39, 0.29) is 30.9 Å². The summed E-state index contributed by atoms with van der Waals surface area (Å²) in [5.41, 5.74) is 9.00. The minimum Gasteiger partial charge on any atom is -0.488 e. The number of aromatic nitrogens is 3. The average Bonchev–Trinajstić information content (AvgIpc) is 2.85. The molecule has 2 aliphatic heterocycles. The maximum absolute atomic E-state index is 12.6. The molecule has 2 aromatic heterocycles. The first kappa shape index (κ1) is 20.6. The largest absolute Gasteiger partial charge is 0.488 e. The fourth-order valence-electron chi connectivity index (χ4n) is 3.77. The molecular formula is C22H20N6O5. The lowest BCUT2D eigenvalue weighted by Crippen LogP contribution is -2.35. The van der Waals surface area contributed by atoms with E-state index in [1.165, 1.54) is 6.21 Å². The van der Waals surface area contributed by atoms with E-state index >= 15 is 0 Å². The van der Waals surface area contributed by atoms with Gasteiger partial charge in [-0.1, -0.05) is 5.22 Å². The van der Waals surface area contributed by atoms with Crippen molar-refractivity contribution in [3.05, 3.63) is 58.6 Å². The van der Waals surface area contributed by atoms with Gasteiger partial charge in [0.05, 0.1) is 11.9 Å². The maximum Gasteiger partial charge on any atom is 0.351 e. The van der Waals surface area contributed by atoms with Crippen molar-refractivity contribution in [3.8, 4) is 34.5 Å². The summed E-state index contributed by atoms with van der Waals surface area (Å²) in [7, 11) is 0. The molecule has 0 spiro atoms. The van der Waals surface area contributed by atoms with Crippen LogP contribution in [-0.2, 0) is 13.0 Å². The van der Waals surface area contributed by atoms with E-state index < -0.39 is 0 Å². The highest BCUT2D eigenvalue weighted by molar-refractivity contribution is 5.68. The monoisotopic (exact) mass is 448 g/mol. The van der Waals surface area contributed by atoms with E-state index in [4.69, 9.17) is 24.5 Å². The van der Waals surface area contributed by atoms with E-state index in [9.17, 15) is 4.79 Å². The normalized spacial score (nSPS) is 16.1. The predicted octanol–water partition coefficient (Wildman–Crippen LogP) is 2.48. The fraction of sp³-hybridized carbons (Fsp3) is 0.273. The van der Waals surface area contributed by atoms with Crippen LogP contribution in [0.1, 0.15) is 5.56 Å². The minimum atomic E-state index is -0.362. The van der Waals surface area contributed by atoms with Crippen LogP contribution in [0.5, 0.6) is 23.3 Å². The number of fused-ring (bicyclic) bond motifs is 4. The van der Waals surface area contributed by atoms with Gasteiger partial charge in [-0.15, -0.1) is 5.10 Å². The highest BCUT2D eigenvalue weighted by Gasteiger charge is 2.24. The first-order valence-electron chi connectivity index (χ1n) is 10.3. The van der Waals surface area contributed by atoms with Gasteiger partial charge < -0.3 is 18.9 Å². The van der Waals surface area contributed by atoms with E-state index in [1.54, 1.807) is 29.0 Å². The predicted molar refractivity (Wildman–Crippen MR) is 116 cm³/mol. The van der Waals surface area contributed by atoms with Crippen molar-refractivity contribution in [2.24, 2.45) is 10.3 Å². The van der Waals surface area contributed by atoms with Gasteiger partial charge in [-0.25, -0.2) is 9.78 Å². The molecule has 0 fully saturated rings. The van der Waals surface area contributed by atoms with E-state index in [0.717, 1.165) is 16.8 Å². The molecule has 4 heterocycles. The van der Waals surface area contributed by atoms with Gasteiger partial charge in [-0.2, -0.15) is 10.5 Å². The summed E-state index contributed by atoms with van der Waals surface area (Å²) >= 11 is 0. The summed E-state index contributed by atoms with van der Waals surface area (Å²) in [6.45, 7) is 1.20. The first-order valence-corrected chi connectivity index (χ1v) is 10.3. The van der Waals surface area contributed by atoms with Crippen LogP contribution in [0.15, 0.2) is 57.7 Å². The highest BCUT2D eigenvalue weighted by Crippen LogP contribution is 2.33. The molecule has 2 aliphatic rings. The number of ether oxygens (including phenoxy) is 4. The van der Waals surface area contributed by atoms with Crippen molar-refractivity contribution in [2.45, 2.75) is 19.1 Å². The van der Waals surface area contributed by atoms with Crippen LogP contribution in [0.4, 0.5) is 0 Å². The second kappa shape index (κ2) is 9.07. The SMILES string of the molecule is N=N/N=C/COc1ccc2c(c1)CCn1c-2cc(OCC2COc3ncccc3O2)nc1=O. The smallest absolute Gasteiger partial charge is 0.351 e. The quantitative estimate of drug-likeness (QED) is 0.333. The zero-order valence-electron chi connectivity index (χ0n) is 17.5. The molecule has 0 saturated heterocycles. The third-order valence-corrected chi connectivity index (χ3v) is 5.26. The minimum absolute atomic E-state index is 0.177. The zero-order chi connectivity index (χ0) is 22.6. The Morgan fingerprint density at radius 2 is 2.21 bits per heavy atom. The Kier molecular flexibility index (Phi) is 5.66. The summed E-state index contributed by atoms with van der Waals surface area (Å²) < 4.78 is 24.5. The van der Waals surface area contributed by atoms with Gasteiger partial charge >= 0.3 is 5.69 Å². The second-order valence-electron chi connectivity index (χ2n) is 7.36. The van der Waals surface area contributed by atoms with Crippen LogP contribution in [-0.4, -0.2) is 46.7 Å². The number of hydrogen-bond acceptors (Lipinski definition) is 9. The molecule has 1 atom stereocenters. The lowest BCUT2D eigenvalue weighted by atomic mass is 9.97. The van der Waals surface area contributed by atoms with Crippen LogP contribution in [0.25, 0.3) is 11.3 Å². The third-order valence-electron chi connectivity index (χ3n) is 5.26. The molecule has 1 N–H and O–H groups in total. The van der Waals surface area contributed by atoms with Crippen LogP contribution in [0.3, 0.4) is 0 Å². The Hall–Kier alpha value is -4.28. The third kappa shape index (κ3) is 4.38. The molecule has 1 aromatic carbocycles. The second-order valence-corrected chi connectivity index (χ2v) is 7.36. The van der Waals surface area contributed by atoms with E-state index in [2.05, 4.69) is 20.3 Å². The summed E-state index contributed by atoms with van der Waals surface area (Å²) in [5, 5.41) is 6.35. The molecule has 11 heteroatoms. The number of aryl methyl sites for hydroxylation is 1. The fourth-order valence-corrected chi connectivity index (χ4v) is 3.77. The standard InChI is InChI=1S/C22H20N6O5/c23-27-25-7-9-30-15-3-4-17-14(10-15)5-8-28-18(17)11-20(26-22(28)29)31-12-16-13-32-21-19(33-16)2-1-6-24-21/h1-4,6-7,10-11,16,23H,5,8-9,12-13H2/b25-7+,27-23?. The molecule has 0 amide bonds. The molecule has 0 radical (unpaired) electrons. The number of rotatable bonds is 7. The lowest BCUT2D eigenvalue weighted by molar-refractivity contribution is 0.0486. The average molecular weight is 448 g/mol. The van der Waals surface area contributed by atoms with Crippen molar-refractivity contribution in [3.63, 3.8) is 0 Å². The van der Waals surface area contributed by atoms with Crippen molar-refractivity contribution < 1.29 is 18.9 Å². The van der Waals surface area contributed by atoms with E-state index in [1.807, 2.05) is 18.2 Å². The molecule has 0 saturated carbocycles. The van der Waals surface area contributed by atoms with Gasteiger partial charge in [0.25, 0.3) is 5.88 Å². The summed E-state index contributed by atoms with van der Waals surface area (Å²) in [4.78, 5) is 20.8. The van der Waals surface area contributed by atoms with Crippen molar-refractivity contribution in [1.29, 1.82) is 5.53 Å². The Labute approximate surface area is 188 Å². The zero-order valence-corrected chi connectivity index (χ0v) is 17.5. The van der Waals surface area contributed by atoms with Gasteiger partial charge in [0.15, 0.2) is 11.9 Å². The number of benzene rings is 1. The van der Waals surface area contributed by atoms with Crippen LogP contribution < -0.4 is 24.6 Å². The van der Waals surface area contributed by atoms with Crippen LogP contribution >= 0.6 is 0 Å². The topological polar surface area (TPSA) is 133 Å². The molecule has 3 aromatic rings. The van der Waals surface area contributed by atoms with Gasteiger partial charge in [0.1, 0.15) is 25.6 Å². The Bertz CT molecular complexity index is 1270. The first-order chi connectivity index (χ1) is 16.2. The summed E-state index contributed by atoms with van der Waals surface area (Å²) in [6.07, 6.45) is 3.38. The number of nitrogens with one attached hydrogen (secondary N) is 1. The molecule has 168 valence electrons. The maximum atomic E-state index is 12.6. The summed E-state index contributed by atoms with van der Waals surface area (Å²) in [6, 6.07) is 11.0. The van der Waals surface area contributed by atoms with Gasteiger partial charge in [-0.05, 0) is 42.3 Å². The van der Waals surface area contributed by atoms with Gasteiger partial charge in [-0.3, -0.25) is 4.57 Å². The molecule has 0 bridgehead atoms. The summed E-state index contributed by atoms with van der Waals surface area (Å²) in [5.74, 6) is 1.92. The Morgan fingerprint density at radius 1 is 1.27 bits per heavy atom. The molecule has 0 aliphatic carbocycles. The number of pyridine rings is 1. The van der Waals surface area contributed by atoms with Crippen molar-refractivity contribution in [1.82, 2.24) is 14.5 Å². The van der Waals surface area contributed by atoms with Gasteiger partial charge in [0.2, 0.25) is 5.88 Å². The van der Waals surface area contributed by atoms with Crippen molar-refractivity contribution in [2.75, 3.05) is 19.8 Å². The Morgan fingerprint density at radius 3 is 3.12 bits per heavy atom. The molecule has 5 rings (SSSR count). The highest BCUT2D eigenvalue weighted by atomic mass is 16.6. The number of hydrogen-bond donors (Lipinski definition) is 1. The molecule has 11 nitrogen and oxygen atoms in total. The molecule has 33 heavy (non-hydrogen) atoms. The lowest BCUT2D eigenvalue weighted by Gasteiger charge is -2.25. The van der Waals surface area contributed by atoms with Gasteiger partial charge in [0, 0.05) is 24.4 Å². The van der Waals surface area contributed by atoms with E-state index in [0.29, 0.717) is 37.0 Å². The Balaban J connectivity index is 1.32. The van der Waals surface area contributed by atoms with Crippen molar-refractivity contribution >= 4 is 6.21 Å². The van der Waals surface area contributed by atoms with Crippen LogP contribution in [0.2, 0.25) is 0 Å².